The van der Waals surface area contributed by atoms with Gasteiger partial charge in [0, 0.05) is 12.6 Å². The van der Waals surface area contributed by atoms with Crippen LogP contribution in [0.3, 0.4) is 0 Å². The topological polar surface area (TPSA) is 93.5 Å². The van der Waals surface area contributed by atoms with Crippen LogP contribution < -0.4 is 21.1 Å². The van der Waals surface area contributed by atoms with E-state index in [-0.39, 0.29) is 17.7 Å². The molecule has 1 aromatic rings. The molecule has 0 aliphatic carbocycles. The molecule has 0 bridgehead atoms. The third-order valence-electron chi connectivity index (χ3n) is 3.34. The molecule has 0 aromatic heterocycles. The second kappa shape index (κ2) is 7.64. The number of nitrogens with two attached hydrogens (primary N) is 1. The Morgan fingerprint density at radius 2 is 2.00 bits per heavy atom. The highest BCUT2D eigenvalue weighted by atomic mass is 16.5. The molecule has 0 spiro atoms. The number of carbonyl (C=O) groups is 2. The number of benzene rings is 1. The highest BCUT2D eigenvalue weighted by Crippen LogP contribution is 2.28. The maximum atomic E-state index is 12.1. The van der Waals surface area contributed by atoms with Gasteiger partial charge in [-0.1, -0.05) is 20.3 Å². The van der Waals surface area contributed by atoms with Crippen molar-refractivity contribution in [2.75, 3.05) is 17.7 Å². The van der Waals surface area contributed by atoms with Gasteiger partial charge in [-0.3, -0.25) is 9.59 Å². The van der Waals surface area contributed by atoms with Gasteiger partial charge >= 0.3 is 0 Å². The molecule has 0 saturated carbocycles. The van der Waals surface area contributed by atoms with E-state index in [4.69, 9.17) is 10.5 Å². The van der Waals surface area contributed by atoms with Crippen LogP contribution in [0, 0.1) is 5.92 Å². The third kappa shape index (κ3) is 4.75. The van der Waals surface area contributed by atoms with Gasteiger partial charge in [-0.25, -0.2) is 0 Å². The highest BCUT2D eigenvalue weighted by molar-refractivity contribution is 5.97. The summed E-state index contributed by atoms with van der Waals surface area (Å²) < 4.78 is 5.20. The standard InChI is InChI=1S/C15H23N3O3/c1-5-9(2)14(16)15(20)18-12-8-11(17-10(3)19)6-7-13(12)21-4/h6-9,14H,5,16H2,1-4H3,(H,17,19)(H,18,20)/t9?,14-/m0/s1. The van der Waals surface area contributed by atoms with E-state index in [0.717, 1.165) is 6.42 Å². The van der Waals surface area contributed by atoms with Gasteiger partial charge in [0.1, 0.15) is 5.75 Å². The first-order valence-corrected chi connectivity index (χ1v) is 6.91. The monoisotopic (exact) mass is 293 g/mol. The zero-order valence-electron chi connectivity index (χ0n) is 12.9. The van der Waals surface area contributed by atoms with Gasteiger partial charge in [0.15, 0.2) is 0 Å². The van der Waals surface area contributed by atoms with Crippen molar-refractivity contribution in [1.29, 1.82) is 0 Å². The maximum Gasteiger partial charge on any atom is 0.241 e. The number of anilines is 2. The Labute approximate surface area is 125 Å². The second-order valence-corrected chi connectivity index (χ2v) is 5.00. The Kier molecular flexibility index (Phi) is 6.17. The minimum Gasteiger partial charge on any atom is -0.495 e. The lowest BCUT2D eigenvalue weighted by molar-refractivity contribution is -0.118. The summed E-state index contributed by atoms with van der Waals surface area (Å²) >= 11 is 0. The lowest BCUT2D eigenvalue weighted by Gasteiger charge is -2.19. The first kappa shape index (κ1) is 17.0. The van der Waals surface area contributed by atoms with Crippen LogP contribution in [0.15, 0.2) is 18.2 Å². The molecule has 0 radical (unpaired) electrons. The van der Waals surface area contributed by atoms with Crippen molar-refractivity contribution < 1.29 is 14.3 Å². The summed E-state index contributed by atoms with van der Waals surface area (Å²) in [4.78, 5) is 23.2. The smallest absolute Gasteiger partial charge is 0.241 e. The van der Waals surface area contributed by atoms with E-state index in [1.807, 2.05) is 13.8 Å². The summed E-state index contributed by atoms with van der Waals surface area (Å²) in [7, 11) is 1.51. The minimum absolute atomic E-state index is 0.0783. The number of carbonyl (C=O) groups excluding carboxylic acids is 2. The summed E-state index contributed by atoms with van der Waals surface area (Å²) in [6, 6.07) is 4.42. The summed E-state index contributed by atoms with van der Waals surface area (Å²) in [5, 5.41) is 5.41. The van der Waals surface area contributed by atoms with Gasteiger partial charge in [-0.2, -0.15) is 0 Å². The molecule has 0 saturated heterocycles. The Bertz CT molecular complexity index is 517. The predicted molar refractivity (Wildman–Crippen MR) is 83.4 cm³/mol. The number of ether oxygens (including phenoxy) is 1. The Morgan fingerprint density at radius 3 is 2.52 bits per heavy atom. The molecule has 116 valence electrons. The molecule has 2 amide bonds. The number of methoxy groups -OCH3 is 1. The van der Waals surface area contributed by atoms with Crippen LogP contribution in [0.25, 0.3) is 0 Å². The van der Waals surface area contributed by atoms with Crippen LogP contribution in [-0.2, 0) is 9.59 Å². The predicted octanol–water partition coefficient (Wildman–Crippen LogP) is 1.97. The fraction of sp³-hybridized carbons (Fsp3) is 0.467. The third-order valence-corrected chi connectivity index (χ3v) is 3.34. The molecule has 0 fully saturated rings. The van der Waals surface area contributed by atoms with Crippen LogP contribution in [0.4, 0.5) is 11.4 Å². The Morgan fingerprint density at radius 1 is 1.33 bits per heavy atom. The lowest BCUT2D eigenvalue weighted by atomic mass is 9.99. The molecule has 0 aliphatic heterocycles. The van der Waals surface area contributed by atoms with Crippen molar-refractivity contribution in [1.82, 2.24) is 0 Å². The van der Waals surface area contributed by atoms with Crippen molar-refractivity contribution >= 4 is 23.2 Å². The molecule has 1 aromatic carbocycles. The first-order chi connectivity index (χ1) is 9.88. The molecule has 1 rings (SSSR count). The van der Waals surface area contributed by atoms with Crippen molar-refractivity contribution in [2.45, 2.75) is 33.2 Å². The van der Waals surface area contributed by atoms with Crippen LogP contribution >= 0.6 is 0 Å². The van der Waals surface area contributed by atoms with E-state index in [1.165, 1.54) is 14.0 Å². The maximum absolute atomic E-state index is 12.1. The average molecular weight is 293 g/mol. The van der Waals surface area contributed by atoms with Crippen molar-refractivity contribution in [3.8, 4) is 5.75 Å². The molecule has 0 heterocycles. The zero-order valence-corrected chi connectivity index (χ0v) is 12.9. The molecule has 2 atom stereocenters. The molecule has 6 nitrogen and oxygen atoms in total. The van der Waals surface area contributed by atoms with Gasteiger partial charge < -0.3 is 21.1 Å². The van der Waals surface area contributed by atoms with E-state index < -0.39 is 6.04 Å². The van der Waals surface area contributed by atoms with Gasteiger partial charge in [-0.15, -0.1) is 0 Å². The fourth-order valence-corrected chi connectivity index (χ4v) is 1.82. The van der Waals surface area contributed by atoms with E-state index in [9.17, 15) is 9.59 Å². The van der Waals surface area contributed by atoms with Crippen LogP contribution in [0.2, 0.25) is 0 Å². The highest BCUT2D eigenvalue weighted by Gasteiger charge is 2.20. The summed E-state index contributed by atoms with van der Waals surface area (Å²) in [5.41, 5.74) is 6.97. The Balaban J connectivity index is 2.94. The molecule has 1 unspecified atom stereocenters. The van der Waals surface area contributed by atoms with Crippen molar-refractivity contribution in [3.05, 3.63) is 18.2 Å². The van der Waals surface area contributed by atoms with Crippen molar-refractivity contribution in [3.63, 3.8) is 0 Å². The summed E-state index contributed by atoms with van der Waals surface area (Å²) in [6.07, 6.45) is 0.817. The van der Waals surface area contributed by atoms with E-state index in [0.29, 0.717) is 17.1 Å². The SMILES string of the molecule is CCC(C)[C@H](N)C(=O)Nc1cc(NC(C)=O)ccc1OC. The van der Waals surface area contributed by atoms with Crippen LogP contribution in [0.5, 0.6) is 5.75 Å². The average Bonchev–Trinajstić information content (AvgIpc) is 2.45. The normalized spacial score (nSPS) is 13.2. The summed E-state index contributed by atoms with van der Waals surface area (Å²) in [6.45, 7) is 5.33. The minimum atomic E-state index is -0.593. The largest absolute Gasteiger partial charge is 0.495 e. The molecule has 4 N–H and O–H groups in total. The van der Waals surface area contributed by atoms with Gasteiger partial charge in [-0.05, 0) is 24.1 Å². The number of hydrogen-bond acceptors (Lipinski definition) is 4. The lowest BCUT2D eigenvalue weighted by Crippen LogP contribution is -2.40. The molecule has 21 heavy (non-hydrogen) atoms. The second-order valence-electron chi connectivity index (χ2n) is 5.00. The molecular weight excluding hydrogens is 270 g/mol. The zero-order chi connectivity index (χ0) is 16.0. The van der Waals surface area contributed by atoms with Gasteiger partial charge in [0.2, 0.25) is 11.8 Å². The molecule has 6 heteroatoms. The molecule has 0 aliphatic rings. The number of rotatable bonds is 6. The number of amides is 2. The van der Waals surface area contributed by atoms with Gasteiger partial charge in [0.05, 0.1) is 18.8 Å². The quantitative estimate of drug-likeness (QED) is 0.747. The van der Waals surface area contributed by atoms with E-state index >= 15 is 0 Å². The summed E-state index contributed by atoms with van der Waals surface area (Å²) in [5.74, 6) is 0.125. The molecular formula is C15H23N3O3. The fourth-order valence-electron chi connectivity index (χ4n) is 1.82. The van der Waals surface area contributed by atoms with Crippen LogP contribution in [-0.4, -0.2) is 25.0 Å². The van der Waals surface area contributed by atoms with E-state index in [2.05, 4.69) is 10.6 Å². The first-order valence-electron chi connectivity index (χ1n) is 6.91. The van der Waals surface area contributed by atoms with Crippen LogP contribution in [0.1, 0.15) is 27.2 Å². The number of hydrogen-bond donors (Lipinski definition) is 3. The van der Waals surface area contributed by atoms with Gasteiger partial charge in [0.25, 0.3) is 0 Å². The van der Waals surface area contributed by atoms with E-state index in [1.54, 1.807) is 18.2 Å². The van der Waals surface area contributed by atoms with Crippen molar-refractivity contribution in [2.24, 2.45) is 11.7 Å². The number of nitrogens with one attached hydrogen (secondary N) is 2. The Hall–Kier alpha value is -2.08.